The second-order valence-corrected chi connectivity index (χ2v) is 7.77. The van der Waals surface area contributed by atoms with E-state index < -0.39 is 0 Å². The highest BCUT2D eigenvalue weighted by Gasteiger charge is 2.12. The predicted molar refractivity (Wildman–Crippen MR) is 117 cm³/mol. The molecule has 0 aliphatic carbocycles. The van der Waals surface area contributed by atoms with Gasteiger partial charge in [0.25, 0.3) is 0 Å². The van der Waals surface area contributed by atoms with Gasteiger partial charge in [-0.25, -0.2) is 9.98 Å². The molecule has 0 atom stereocenters. The normalized spacial score (nSPS) is 12.0. The Morgan fingerprint density at radius 1 is 1.07 bits per heavy atom. The lowest BCUT2D eigenvalue weighted by molar-refractivity contribution is 0.540. The molecule has 5 nitrogen and oxygen atoms in total. The third kappa shape index (κ3) is 4.27. The third-order valence-corrected chi connectivity index (χ3v) is 5.96. The molecule has 0 saturated heterocycles. The summed E-state index contributed by atoms with van der Waals surface area (Å²) in [6.07, 6.45) is 10.4. The van der Waals surface area contributed by atoms with Crippen molar-refractivity contribution in [1.82, 2.24) is 14.1 Å². The highest BCUT2D eigenvalue weighted by molar-refractivity contribution is 7.07. The Labute approximate surface area is 175 Å². The minimum atomic E-state index is 0.867. The van der Waals surface area contributed by atoms with E-state index in [-0.39, 0.29) is 0 Å². The maximum Gasteiger partial charge on any atom is 0.190 e. The summed E-state index contributed by atoms with van der Waals surface area (Å²) in [6, 6.07) is 10.4. The van der Waals surface area contributed by atoms with Gasteiger partial charge >= 0.3 is 0 Å². The average Bonchev–Trinajstić information content (AvgIpc) is 3.51. The molecule has 0 radical (unpaired) electrons. The van der Waals surface area contributed by atoms with Gasteiger partial charge in [-0.2, -0.15) is 0 Å². The third-order valence-electron chi connectivity index (χ3n) is 5.10. The van der Waals surface area contributed by atoms with Gasteiger partial charge < -0.3 is 13.6 Å². The number of rotatable bonds is 8. The molecule has 3 aromatic heterocycles. The number of aromatic nitrogens is 3. The molecule has 150 valence electrons. The molecular formula is C23H26N4OS. The molecule has 0 saturated carbocycles. The first-order valence-electron chi connectivity index (χ1n) is 10.1. The number of hydrogen-bond acceptors (Lipinski definition) is 4. The van der Waals surface area contributed by atoms with Gasteiger partial charge in [-0.05, 0) is 42.5 Å². The molecule has 0 bridgehead atoms. The number of para-hydroxylation sites is 1. The summed E-state index contributed by atoms with van der Waals surface area (Å²) in [5.74, 6) is 0.879. The van der Waals surface area contributed by atoms with Crippen LogP contribution in [0, 0.1) is 0 Å². The summed E-state index contributed by atoms with van der Waals surface area (Å²) in [6.45, 7) is 6.17. The molecule has 1 aromatic carbocycles. The van der Waals surface area contributed by atoms with Crippen LogP contribution in [-0.2, 0) is 25.9 Å². The van der Waals surface area contributed by atoms with Crippen molar-refractivity contribution >= 4 is 17.0 Å². The molecule has 0 fully saturated rings. The van der Waals surface area contributed by atoms with Gasteiger partial charge in [-0.3, -0.25) is 0 Å². The fourth-order valence-electron chi connectivity index (χ4n) is 3.54. The van der Waals surface area contributed by atoms with Crippen LogP contribution in [0.15, 0.2) is 70.1 Å². The molecule has 3 heterocycles. The van der Waals surface area contributed by atoms with Gasteiger partial charge in [0, 0.05) is 30.9 Å². The van der Waals surface area contributed by atoms with Crippen molar-refractivity contribution in [2.45, 2.75) is 46.2 Å². The minimum Gasteiger partial charge on any atom is -0.463 e. The average molecular weight is 407 g/mol. The van der Waals surface area contributed by atoms with Crippen LogP contribution >= 0.6 is 11.3 Å². The van der Waals surface area contributed by atoms with E-state index in [1.807, 2.05) is 30.9 Å². The predicted octanol–water partition coefficient (Wildman–Crippen LogP) is 5.45. The Morgan fingerprint density at radius 2 is 1.90 bits per heavy atom. The van der Waals surface area contributed by atoms with Crippen molar-refractivity contribution in [2.75, 3.05) is 0 Å². The van der Waals surface area contributed by atoms with Crippen molar-refractivity contribution in [3.8, 4) is 11.5 Å². The van der Waals surface area contributed by atoms with E-state index in [4.69, 9.17) is 9.41 Å². The van der Waals surface area contributed by atoms with E-state index in [1.165, 1.54) is 11.1 Å². The molecule has 0 aliphatic heterocycles. The first-order valence-corrected chi connectivity index (χ1v) is 11.0. The zero-order chi connectivity index (χ0) is 20.1. The number of furan rings is 1. The maximum atomic E-state index is 5.69. The summed E-state index contributed by atoms with van der Waals surface area (Å²) in [5.41, 5.74) is 4.79. The van der Waals surface area contributed by atoms with E-state index >= 15 is 0 Å². The number of nitrogens with zero attached hydrogens (tertiary/aromatic N) is 4. The molecule has 0 N–H and O–H groups in total. The number of benzene rings is 1. The Bertz CT molecular complexity index is 1080. The second-order valence-electron chi connectivity index (χ2n) is 6.93. The molecule has 4 rings (SSSR count). The Hall–Kier alpha value is -2.86. The van der Waals surface area contributed by atoms with E-state index in [0.29, 0.717) is 0 Å². The standard InChI is InChI=1S/C23H26N4OS/c1-3-18-8-5-9-19(4-2)22(18)25-23-27(13-7-12-26-14-11-24-17-26)20(16-29-23)21-10-6-15-28-21/h5-6,8-11,14-17H,3-4,7,12-13H2,1-2H3. The van der Waals surface area contributed by atoms with Crippen LogP contribution in [0.4, 0.5) is 5.69 Å². The highest BCUT2D eigenvalue weighted by atomic mass is 32.1. The fourth-order valence-corrected chi connectivity index (χ4v) is 4.46. The van der Waals surface area contributed by atoms with Crippen molar-refractivity contribution < 1.29 is 4.42 Å². The zero-order valence-electron chi connectivity index (χ0n) is 16.9. The van der Waals surface area contributed by atoms with E-state index in [9.17, 15) is 0 Å². The van der Waals surface area contributed by atoms with Gasteiger partial charge in [0.1, 0.15) is 0 Å². The summed E-state index contributed by atoms with van der Waals surface area (Å²) < 4.78 is 10.1. The zero-order valence-corrected chi connectivity index (χ0v) is 17.7. The van der Waals surface area contributed by atoms with Crippen LogP contribution in [0.1, 0.15) is 31.4 Å². The fraction of sp³-hybridized carbons (Fsp3) is 0.304. The topological polar surface area (TPSA) is 48.2 Å². The van der Waals surface area contributed by atoms with Gasteiger partial charge in [-0.15, -0.1) is 11.3 Å². The van der Waals surface area contributed by atoms with E-state index in [2.05, 4.69) is 51.5 Å². The monoisotopic (exact) mass is 406 g/mol. The van der Waals surface area contributed by atoms with Crippen molar-refractivity contribution in [2.24, 2.45) is 4.99 Å². The van der Waals surface area contributed by atoms with Crippen molar-refractivity contribution in [3.63, 3.8) is 0 Å². The van der Waals surface area contributed by atoms with E-state index in [0.717, 1.165) is 54.3 Å². The first kappa shape index (κ1) is 19.5. The SMILES string of the molecule is CCc1cccc(CC)c1N=c1scc(-c2ccco2)n1CCCn1ccnc1. The summed E-state index contributed by atoms with van der Waals surface area (Å²) in [5, 5.41) is 2.15. The van der Waals surface area contributed by atoms with Gasteiger partial charge in [0.15, 0.2) is 10.6 Å². The number of aryl methyl sites for hydroxylation is 3. The Morgan fingerprint density at radius 3 is 2.55 bits per heavy atom. The van der Waals surface area contributed by atoms with Crippen molar-refractivity contribution in [3.05, 3.63) is 76.6 Å². The molecule has 29 heavy (non-hydrogen) atoms. The van der Waals surface area contributed by atoms with Crippen LogP contribution < -0.4 is 4.80 Å². The molecular weight excluding hydrogens is 380 g/mol. The number of hydrogen-bond donors (Lipinski definition) is 0. The molecule has 0 spiro atoms. The highest BCUT2D eigenvalue weighted by Crippen LogP contribution is 2.26. The molecule has 4 aromatic rings. The van der Waals surface area contributed by atoms with Gasteiger partial charge in [0.05, 0.1) is 24.0 Å². The van der Waals surface area contributed by atoms with Crippen LogP contribution in [0.5, 0.6) is 0 Å². The number of imidazole rings is 1. The molecule has 6 heteroatoms. The first-order chi connectivity index (χ1) is 14.3. The maximum absolute atomic E-state index is 5.69. The lowest BCUT2D eigenvalue weighted by Crippen LogP contribution is -2.17. The van der Waals surface area contributed by atoms with E-state index in [1.54, 1.807) is 17.6 Å². The largest absolute Gasteiger partial charge is 0.463 e. The Balaban J connectivity index is 1.74. The smallest absolute Gasteiger partial charge is 0.190 e. The summed E-state index contributed by atoms with van der Waals surface area (Å²) >= 11 is 1.67. The van der Waals surface area contributed by atoms with Crippen molar-refractivity contribution in [1.29, 1.82) is 0 Å². The molecule has 0 aliphatic rings. The van der Waals surface area contributed by atoms with Gasteiger partial charge in [-0.1, -0.05) is 32.0 Å². The summed E-state index contributed by atoms with van der Waals surface area (Å²) in [7, 11) is 0. The quantitative estimate of drug-likeness (QED) is 0.390. The minimum absolute atomic E-state index is 0.867. The number of thiazole rings is 1. The second kappa shape index (κ2) is 9.09. The summed E-state index contributed by atoms with van der Waals surface area (Å²) in [4.78, 5) is 10.3. The molecule has 0 amide bonds. The Kier molecular flexibility index (Phi) is 6.10. The lowest BCUT2D eigenvalue weighted by Gasteiger charge is -2.10. The van der Waals surface area contributed by atoms with Crippen LogP contribution in [0.2, 0.25) is 0 Å². The van der Waals surface area contributed by atoms with Crippen LogP contribution in [0.25, 0.3) is 11.5 Å². The van der Waals surface area contributed by atoms with Crippen LogP contribution in [0.3, 0.4) is 0 Å². The molecule has 0 unspecified atom stereocenters. The lowest BCUT2D eigenvalue weighted by atomic mass is 10.0. The van der Waals surface area contributed by atoms with Gasteiger partial charge in [0.2, 0.25) is 0 Å². The van der Waals surface area contributed by atoms with Crippen LogP contribution in [-0.4, -0.2) is 14.1 Å².